The second-order valence-corrected chi connectivity index (χ2v) is 11.3. The lowest BCUT2D eigenvalue weighted by molar-refractivity contribution is -0.384. The van der Waals surface area contributed by atoms with Crippen LogP contribution in [0.25, 0.3) is 22.3 Å². The van der Waals surface area contributed by atoms with Gasteiger partial charge in [0.15, 0.2) is 0 Å². The first kappa shape index (κ1) is 30.0. The number of ether oxygens (including phenoxy) is 1. The molecule has 0 atom stereocenters. The molecule has 0 spiro atoms. The number of hydrogen-bond acceptors (Lipinski definition) is 7. The number of anilines is 1. The Morgan fingerprint density at radius 1 is 0.795 bits per heavy atom. The number of benzene rings is 4. The Morgan fingerprint density at radius 3 is 1.86 bits per heavy atom. The highest BCUT2D eigenvalue weighted by Crippen LogP contribution is 2.45. The minimum Gasteiger partial charge on any atom is -0.454 e. The van der Waals surface area contributed by atoms with Crippen LogP contribution in [-0.4, -0.2) is 16.5 Å². The summed E-state index contributed by atoms with van der Waals surface area (Å²) in [6, 6.07) is 34.5. The van der Waals surface area contributed by atoms with E-state index in [4.69, 9.17) is 9.15 Å². The van der Waals surface area contributed by atoms with Crippen molar-refractivity contribution in [2.45, 2.75) is 39.5 Å². The molecule has 0 unspecified atom stereocenters. The molecule has 44 heavy (non-hydrogen) atoms. The van der Waals surface area contributed by atoms with Crippen LogP contribution in [0, 0.1) is 10.1 Å². The molecule has 1 aromatic heterocycles. The van der Waals surface area contributed by atoms with Gasteiger partial charge in [0.05, 0.1) is 16.2 Å². The van der Waals surface area contributed by atoms with E-state index in [1.807, 2.05) is 71.6 Å². The van der Waals surface area contributed by atoms with Gasteiger partial charge in [-0.3, -0.25) is 10.1 Å². The maximum Gasteiger partial charge on any atom is 0.375 e. The quantitative estimate of drug-likeness (QED) is 0.0975. The molecule has 4 aromatic carbocycles. The van der Waals surface area contributed by atoms with Gasteiger partial charge in [-0.05, 0) is 43.5 Å². The molecule has 5 aromatic rings. The predicted octanol–water partition coefficient (Wildman–Crippen LogP) is 8.04. The third kappa shape index (κ3) is 6.93. The second-order valence-electron chi connectivity index (χ2n) is 11.3. The number of nitrogens with zero attached hydrogens (tertiary/aromatic N) is 2. The molecule has 0 saturated carbocycles. The molecule has 0 saturated heterocycles. The van der Waals surface area contributed by atoms with Gasteiger partial charge in [0.1, 0.15) is 5.60 Å². The van der Waals surface area contributed by atoms with Gasteiger partial charge in [-0.25, -0.2) is 9.59 Å². The molecule has 0 amide bonds. The Balaban J connectivity index is 1.85. The number of nitro groups is 1. The number of esters is 1. The zero-order valence-electron chi connectivity index (χ0n) is 24.7. The fourth-order valence-electron chi connectivity index (χ4n) is 5.09. The van der Waals surface area contributed by atoms with E-state index in [-0.39, 0.29) is 16.8 Å². The number of nitro benzene ring substituents is 1. The Kier molecular flexibility index (Phi) is 8.71. The predicted molar refractivity (Wildman–Crippen MR) is 170 cm³/mol. The smallest absolute Gasteiger partial charge is 0.375 e. The molecule has 5 rings (SSSR count). The Morgan fingerprint density at radius 2 is 1.34 bits per heavy atom. The zero-order valence-corrected chi connectivity index (χ0v) is 24.7. The molecular formula is C36H32N2O6. The highest BCUT2D eigenvalue weighted by molar-refractivity contribution is 6.04. The molecule has 0 bridgehead atoms. The third-order valence-corrected chi connectivity index (χ3v) is 6.87. The maximum absolute atomic E-state index is 13.7. The van der Waals surface area contributed by atoms with Crippen molar-refractivity contribution in [3.8, 4) is 22.3 Å². The standard InChI is InChI=1S/C36H32N2O6/c1-36(2,3)44-35(40)34-32(28(22-31(39)43-34)27-18-11-6-12-19-27)33-29(20-13-21-30(33)38(41)42)37(23-25-14-7-4-8-15-25)24-26-16-9-5-10-17-26/h4-22H,23-24H2,1-3H3. The van der Waals surface area contributed by atoms with Crippen LogP contribution in [0.5, 0.6) is 0 Å². The number of carbonyl (C=O) groups excluding carboxylic acids is 1. The zero-order chi connectivity index (χ0) is 31.3. The third-order valence-electron chi connectivity index (χ3n) is 6.87. The molecule has 0 fully saturated rings. The average Bonchev–Trinajstić information content (AvgIpc) is 3.00. The molecule has 0 aliphatic heterocycles. The lowest BCUT2D eigenvalue weighted by atomic mass is 9.91. The van der Waals surface area contributed by atoms with Gasteiger partial charge in [0.25, 0.3) is 5.69 Å². The van der Waals surface area contributed by atoms with Gasteiger partial charge < -0.3 is 14.1 Å². The van der Waals surface area contributed by atoms with Crippen molar-refractivity contribution in [1.29, 1.82) is 0 Å². The number of hydrogen-bond donors (Lipinski definition) is 0. The van der Waals surface area contributed by atoms with Crippen LogP contribution in [0.4, 0.5) is 11.4 Å². The first-order chi connectivity index (χ1) is 21.1. The van der Waals surface area contributed by atoms with Crippen molar-refractivity contribution in [2.75, 3.05) is 4.90 Å². The minimum atomic E-state index is -0.923. The van der Waals surface area contributed by atoms with Crippen LogP contribution in [0.2, 0.25) is 0 Å². The monoisotopic (exact) mass is 588 g/mol. The average molecular weight is 589 g/mol. The highest BCUT2D eigenvalue weighted by atomic mass is 16.6. The van der Waals surface area contributed by atoms with Gasteiger partial charge in [-0.2, -0.15) is 0 Å². The Bertz CT molecular complexity index is 1790. The van der Waals surface area contributed by atoms with E-state index in [2.05, 4.69) is 0 Å². The summed E-state index contributed by atoms with van der Waals surface area (Å²) in [5, 5.41) is 12.7. The molecular weight excluding hydrogens is 556 g/mol. The summed E-state index contributed by atoms with van der Waals surface area (Å²) in [6.07, 6.45) is 0. The van der Waals surface area contributed by atoms with E-state index < -0.39 is 27.9 Å². The fourth-order valence-corrected chi connectivity index (χ4v) is 5.09. The van der Waals surface area contributed by atoms with E-state index in [1.165, 1.54) is 12.1 Å². The Labute approximate surface area is 255 Å². The highest BCUT2D eigenvalue weighted by Gasteiger charge is 2.33. The molecule has 0 aliphatic carbocycles. The maximum atomic E-state index is 13.7. The van der Waals surface area contributed by atoms with Crippen LogP contribution >= 0.6 is 0 Å². The summed E-state index contributed by atoms with van der Waals surface area (Å²) >= 11 is 0. The number of rotatable bonds is 9. The van der Waals surface area contributed by atoms with Crippen LogP contribution in [0.3, 0.4) is 0 Å². The van der Waals surface area contributed by atoms with Crippen molar-refractivity contribution in [3.05, 3.63) is 153 Å². The molecule has 8 nitrogen and oxygen atoms in total. The van der Waals surface area contributed by atoms with Gasteiger partial charge >= 0.3 is 11.6 Å². The molecule has 8 heteroatoms. The van der Waals surface area contributed by atoms with Crippen LogP contribution in [0.1, 0.15) is 42.5 Å². The van der Waals surface area contributed by atoms with E-state index in [0.717, 1.165) is 11.1 Å². The molecule has 0 N–H and O–H groups in total. The van der Waals surface area contributed by atoms with Gasteiger partial charge in [0, 0.05) is 36.3 Å². The van der Waals surface area contributed by atoms with Gasteiger partial charge in [0.2, 0.25) is 5.76 Å². The number of carbonyl (C=O) groups is 1. The Hall–Kier alpha value is -5.50. The summed E-state index contributed by atoms with van der Waals surface area (Å²) in [5.74, 6) is -1.30. The topological polar surface area (TPSA) is 103 Å². The lowest BCUT2D eigenvalue weighted by Crippen LogP contribution is -2.26. The van der Waals surface area contributed by atoms with Crippen molar-refractivity contribution >= 4 is 17.3 Å². The molecule has 0 radical (unpaired) electrons. The SMILES string of the molecule is CC(C)(C)OC(=O)c1oc(=O)cc(-c2ccccc2)c1-c1c(N(Cc2ccccc2)Cc2ccccc2)cccc1[N+](=O)[O-]. The minimum absolute atomic E-state index is 0.110. The summed E-state index contributed by atoms with van der Waals surface area (Å²) in [7, 11) is 0. The first-order valence-corrected chi connectivity index (χ1v) is 14.2. The molecule has 0 aliphatic rings. The summed E-state index contributed by atoms with van der Waals surface area (Å²) in [5.41, 5.74) is 1.66. The first-order valence-electron chi connectivity index (χ1n) is 14.2. The van der Waals surface area contributed by atoms with Crippen molar-refractivity contribution < 1.29 is 18.9 Å². The fraction of sp³-hybridized carbons (Fsp3) is 0.167. The molecule has 1 heterocycles. The van der Waals surface area contributed by atoms with Crippen LogP contribution in [0.15, 0.2) is 124 Å². The summed E-state index contributed by atoms with van der Waals surface area (Å²) in [4.78, 5) is 40.9. The van der Waals surface area contributed by atoms with Gasteiger partial charge in [-0.1, -0.05) is 97.1 Å². The molecule has 222 valence electrons. The van der Waals surface area contributed by atoms with Crippen molar-refractivity contribution in [1.82, 2.24) is 0 Å². The normalized spacial score (nSPS) is 11.2. The van der Waals surface area contributed by atoms with E-state index in [9.17, 15) is 19.7 Å². The second kappa shape index (κ2) is 12.8. The summed E-state index contributed by atoms with van der Waals surface area (Å²) in [6.45, 7) is 5.90. The van der Waals surface area contributed by atoms with E-state index in [0.29, 0.717) is 29.9 Å². The van der Waals surface area contributed by atoms with E-state index >= 15 is 0 Å². The van der Waals surface area contributed by atoms with Crippen molar-refractivity contribution in [2.24, 2.45) is 0 Å². The van der Waals surface area contributed by atoms with E-state index in [1.54, 1.807) is 57.2 Å². The largest absolute Gasteiger partial charge is 0.454 e. The van der Waals surface area contributed by atoms with Crippen LogP contribution < -0.4 is 10.5 Å². The van der Waals surface area contributed by atoms with Gasteiger partial charge in [-0.15, -0.1) is 0 Å². The summed E-state index contributed by atoms with van der Waals surface area (Å²) < 4.78 is 11.2. The van der Waals surface area contributed by atoms with Crippen molar-refractivity contribution in [3.63, 3.8) is 0 Å². The van der Waals surface area contributed by atoms with Crippen LogP contribution in [-0.2, 0) is 17.8 Å². The lowest BCUT2D eigenvalue weighted by Gasteiger charge is -2.28.